The zero-order chi connectivity index (χ0) is 23.5. The van der Waals surface area contributed by atoms with Crippen molar-refractivity contribution in [3.05, 3.63) is 111 Å². The third-order valence-corrected chi connectivity index (χ3v) is 4.90. The molecule has 0 radical (unpaired) electrons. The first-order valence-electron chi connectivity index (χ1n) is 10.5. The number of nitro benzene ring substituents is 1. The number of ether oxygens (including phenoxy) is 1. The Morgan fingerprint density at radius 2 is 1.70 bits per heavy atom. The molecule has 0 atom stereocenters. The van der Waals surface area contributed by atoms with Crippen LogP contribution in [0.15, 0.2) is 84.4 Å². The van der Waals surface area contributed by atoms with Crippen molar-refractivity contribution in [1.82, 2.24) is 5.32 Å². The van der Waals surface area contributed by atoms with E-state index in [4.69, 9.17) is 4.74 Å². The molecule has 1 amide bonds. The average molecular weight is 441 g/mol. The normalized spacial score (nSPS) is 10.8. The van der Waals surface area contributed by atoms with Crippen LogP contribution in [0.1, 0.15) is 23.1 Å². The first kappa shape index (κ1) is 23.2. The van der Waals surface area contributed by atoms with Gasteiger partial charge in [-0.3, -0.25) is 14.9 Å². The molecule has 7 heteroatoms. The van der Waals surface area contributed by atoms with Gasteiger partial charge in [0.1, 0.15) is 24.0 Å². The summed E-state index contributed by atoms with van der Waals surface area (Å²) in [6.07, 6.45) is 3.10. The highest BCUT2D eigenvalue weighted by molar-refractivity contribution is 6.01. The molecular weight excluding hydrogens is 418 g/mol. The molecule has 0 saturated heterocycles. The number of amides is 1. The quantitative estimate of drug-likeness (QED) is 0.159. The molecule has 166 valence electrons. The summed E-state index contributed by atoms with van der Waals surface area (Å²) in [6.45, 7) is 0.654. The fraction of sp³-hybridized carbons (Fsp3) is 0.154. The second-order valence-electron chi connectivity index (χ2n) is 7.26. The molecule has 0 aliphatic carbocycles. The molecule has 0 aliphatic heterocycles. The number of benzene rings is 3. The number of hydrogen-bond donors (Lipinski definition) is 1. The molecule has 0 unspecified atom stereocenters. The number of carbonyl (C=O) groups excluding carboxylic acids is 1. The molecule has 0 saturated carbocycles. The molecule has 0 spiro atoms. The van der Waals surface area contributed by atoms with Gasteiger partial charge in [0.25, 0.3) is 11.6 Å². The van der Waals surface area contributed by atoms with E-state index in [1.165, 1.54) is 23.8 Å². The van der Waals surface area contributed by atoms with Crippen LogP contribution in [-0.4, -0.2) is 17.4 Å². The van der Waals surface area contributed by atoms with E-state index in [2.05, 4.69) is 5.32 Å². The molecule has 0 aliphatic rings. The third-order valence-electron chi connectivity index (χ3n) is 4.90. The number of aryl methyl sites for hydroxylation is 1. The second-order valence-corrected chi connectivity index (χ2v) is 7.26. The van der Waals surface area contributed by atoms with Gasteiger partial charge in [0, 0.05) is 24.2 Å². The van der Waals surface area contributed by atoms with Gasteiger partial charge in [-0.15, -0.1) is 0 Å². The fourth-order valence-corrected chi connectivity index (χ4v) is 3.14. The lowest BCUT2D eigenvalue weighted by Gasteiger charge is -2.10. The van der Waals surface area contributed by atoms with Gasteiger partial charge in [0.05, 0.1) is 4.92 Å². The Balaban J connectivity index is 1.60. The minimum atomic E-state index is -0.457. The summed E-state index contributed by atoms with van der Waals surface area (Å²) < 4.78 is 5.84. The Labute approximate surface area is 192 Å². The maximum absolute atomic E-state index is 12.5. The largest absolute Gasteiger partial charge is 0.488 e. The van der Waals surface area contributed by atoms with Crippen molar-refractivity contribution in [3.8, 4) is 11.8 Å². The summed E-state index contributed by atoms with van der Waals surface area (Å²) in [4.78, 5) is 22.8. The minimum Gasteiger partial charge on any atom is -0.488 e. The Morgan fingerprint density at radius 1 is 1.00 bits per heavy atom. The van der Waals surface area contributed by atoms with Crippen LogP contribution in [0.2, 0.25) is 0 Å². The van der Waals surface area contributed by atoms with Crippen molar-refractivity contribution in [2.75, 3.05) is 6.54 Å². The number of non-ortho nitro benzene ring substituents is 1. The summed E-state index contributed by atoms with van der Waals surface area (Å²) in [5.74, 6) is 0.0659. The van der Waals surface area contributed by atoms with Gasteiger partial charge in [-0.2, -0.15) is 5.26 Å². The lowest BCUT2D eigenvalue weighted by atomic mass is 10.1. The smallest absolute Gasteiger partial charge is 0.269 e. The summed E-state index contributed by atoms with van der Waals surface area (Å²) >= 11 is 0. The van der Waals surface area contributed by atoms with E-state index in [9.17, 15) is 20.2 Å². The van der Waals surface area contributed by atoms with E-state index in [1.54, 1.807) is 36.4 Å². The lowest BCUT2D eigenvalue weighted by molar-refractivity contribution is -0.384. The number of para-hydroxylation sites is 1. The number of carbonyl (C=O) groups is 1. The number of nitro groups is 1. The maximum Gasteiger partial charge on any atom is 0.269 e. The van der Waals surface area contributed by atoms with Crippen LogP contribution in [0.3, 0.4) is 0 Å². The number of nitriles is 1. The predicted molar refractivity (Wildman–Crippen MR) is 125 cm³/mol. The number of rotatable bonds is 10. The van der Waals surface area contributed by atoms with Crippen molar-refractivity contribution in [1.29, 1.82) is 5.26 Å². The molecule has 33 heavy (non-hydrogen) atoms. The first-order chi connectivity index (χ1) is 16.1. The topological polar surface area (TPSA) is 105 Å². The molecule has 0 heterocycles. The van der Waals surface area contributed by atoms with Gasteiger partial charge in [0.2, 0.25) is 0 Å². The van der Waals surface area contributed by atoms with Crippen LogP contribution >= 0.6 is 0 Å². The molecule has 0 bridgehead atoms. The molecule has 1 N–H and O–H groups in total. The van der Waals surface area contributed by atoms with E-state index in [0.29, 0.717) is 17.9 Å². The van der Waals surface area contributed by atoms with Crippen molar-refractivity contribution in [2.45, 2.75) is 19.4 Å². The van der Waals surface area contributed by atoms with Gasteiger partial charge in [-0.1, -0.05) is 48.5 Å². The van der Waals surface area contributed by atoms with E-state index in [1.807, 2.05) is 36.4 Å². The SMILES string of the molecule is N#C/C(=C/c1ccccc1OCc1ccc([N+](=O)[O-])cc1)C(=O)NCCCc1ccccc1. The van der Waals surface area contributed by atoms with Gasteiger partial charge in [0.15, 0.2) is 0 Å². The van der Waals surface area contributed by atoms with Crippen molar-refractivity contribution >= 4 is 17.7 Å². The van der Waals surface area contributed by atoms with Crippen molar-refractivity contribution in [3.63, 3.8) is 0 Å². The van der Waals surface area contributed by atoms with Gasteiger partial charge in [-0.25, -0.2) is 0 Å². The average Bonchev–Trinajstić information content (AvgIpc) is 2.85. The molecule has 0 aromatic heterocycles. The maximum atomic E-state index is 12.5. The first-order valence-corrected chi connectivity index (χ1v) is 10.5. The highest BCUT2D eigenvalue weighted by Crippen LogP contribution is 2.23. The summed E-state index contributed by atoms with van der Waals surface area (Å²) in [5.41, 5.74) is 2.55. The molecule has 0 fully saturated rings. The van der Waals surface area contributed by atoms with Crippen LogP contribution in [0.5, 0.6) is 5.75 Å². The molecular formula is C26H23N3O4. The Bertz CT molecular complexity index is 1170. The highest BCUT2D eigenvalue weighted by atomic mass is 16.6. The Hall–Kier alpha value is -4.44. The Morgan fingerprint density at radius 3 is 2.39 bits per heavy atom. The van der Waals surface area contributed by atoms with E-state index >= 15 is 0 Å². The van der Waals surface area contributed by atoms with Crippen LogP contribution in [0, 0.1) is 21.4 Å². The molecule has 3 aromatic carbocycles. The third kappa shape index (κ3) is 7.04. The van der Waals surface area contributed by atoms with Gasteiger partial charge >= 0.3 is 0 Å². The number of nitrogens with one attached hydrogen (secondary N) is 1. The summed E-state index contributed by atoms with van der Waals surface area (Å²) in [5, 5.41) is 23.1. The fourth-order valence-electron chi connectivity index (χ4n) is 3.14. The number of hydrogen-bond acceptors (Lipinski definition) is 5. The monoisotopic (exact) mass is 441 g/mol. The highest BCUT2D eigenvalue weighted by Gasteiger charge is 2.11. The molecule has 7 nitrogen and oxygen atoms in total. The van der Waals surface area contributed by atoms with Crippen LogP contribution in [0.25, 0.3) is 6.08 Å². The van der Waals surface area contributed by atoms with Gasteiger partial charge < -0.3 is 10.1 Å². The Kier molecular flexibility index (Phi) is 8.32. The summed E-state index contributed by atoms with van der Waals surface area (Å²) in [6, 6.07) is 25.1. The molecule has 3 aromatic rings. The van der Waals surface area contributed by atoms with Crippen LogP contribution in [-0.2, 0) is 17.8 Å². The van der Waals surface area contributed by atoms with Gasteiger partial charge in [-0.05, 0) is 48.2 Å². The summed E-state index contributed by atoms with van der Waals surface area (Å²) in [7, 11) is 0. The lowest BCUT2D eigenvalue weighted by Crippen LogP contribution is -2.25. The zero-order valence-electron chi connectivity index (χ0n) is 17.9. The second kappa shape index (κ2) is 11.8. The zero-order valence-corrected chi connectivity index (χ0v) is 17.9. The van der Waals surface area contributed by atoms with Crippen LogP contribution in [0.4, 0.5) is 5.69 Å². The van der Waals surface area contributed by atoms with E-state index in [-0.39, 0.29) is 17.9 Å². The minimum absolute atomic E-state index is 0.00975. The van der Waals surface area contributed by atoms with Crippen LogP contribution < -0.4 is 10.1 Å². The van der Waals surface area contributed by atoms with Crippen molar-refractivity contribution < 1.29 is 14.5 Å². The van der Waals surface area contributed by atoms with E-state index < -0.39 is 10.8 Å². The molecule has 3 rings (SSSR count). The van der Waals surface area contributed by atoms with Crippen molar-refractivity contribution in [2.24, 2.45) is 0 Å². The predicted octanol–water partition coefficient (Wildman–Crippen LogP) is 4.83. The van der Waals surface area contributed by atoms with E-state index in [0.717, 1.165) is 18.4 Å². The standard InChI is InChI=1S/C26H23N3O4/c27-18-23(26(30)28-16-6-9-20-7-2-1-3-8-20)17-22-10-4-5-11-25(22)33-19-21-12-14-24(15-13-21)29(31)32/h1-5,7-8,10-15,17H,6,9,16,19H2,(H,28,30)/b23-17-. The number of nitrogens with zero attached hydrogens (tertiary/aromatic N) is 2.